The lowest BCUT2D eigenvalue weighted by Gasteiger charge is -2.16. The zero-order valence-corrected chi connectivity index (χ0v) is 18.0. The monoisotopic (exact) mass is 467 g/mol. The van der Waals surface area contributed by atoms with Crippen molar-refractivity contribution >= 4 is 33.5 Å². The van der Waals surface area contributed by atoms with E-state index in [0.717, 1.165) is 0 Å². The van der Waals surface area contributed by atoms with E-state index < -0.39 is 23.8 Å². The molecule has 1 amide bonds. The summed E-state index contributed by atoms with van der Waals surface area (Å²) in [7, 11) is 0. The maximum Gasteiger partial charge on any atom is 0.311 e. The number of halogens is 2. The van der Waals surface area contributed by atoms with Crippen LogP contribution in [0.15, 0.2) is 40.9 Å². The van der Waals surface area contributed by atoms with Gasteiger partial charge in [-0.25, -0.2) is 4.39 Å². The van der Waals surface area contributed by atoms with E-state index in [9.17, 15) is 14.0 Å². The molecular weight excluding hydrogens is 445 g/mol. The predicted octanol–water partition coefficient (Wildman–Crippen LogP) is 4.50. The first-order valence-corrected chi connectivity index (χ1v) is 9.97. The fourth-order valence-corrected chi connectivity index (χ4v) is 2.96. The second-order valence-electron chi connectivity index (χ2n) is 6.03. The summed E-state index contributed by atoms with van der Waals surface area (Å²) in [5, 5.41) is 2.40. The number of anilines is 1. The van der Waals surface area contributed by atoms with Crippen LogP contribution in [0.5, 0.6) is 11.5 Å². The molecular formula is C21H23BrFNO5. The molecule has 6 nitrogen and oxygen atoms in total. The van der Waals surface area contributed by atoms with Gasteiger partial charge in [-0.15, -0.1) is 0 Å². The van der Waals surface area contributed by atoms with Crippen molar-refractivity contribution in [2.75, 3.05) is 18.5 Å². The largest absolute Gasteiger partial charge is 0.490 e. The van der Waals surface area contributed by atoms with Crippen molar-refractivity contribution in [1.82, 2.24) is 0 Å². The Balaban J connectivity index is 2.03. The van der Waals surface area contributed by atoms with Crippen molar-refractivity contribution in [3.8, 4) is 11.5 Å². The molecule has 0 aliphatic heterocycles. The number of para-hydroxylation sites is 1. The van der Waals surface area contributed by atoms with Gasteiger partial charge in [0.15, 0.2) is 17.6 Å². The molecule has 0 bridgehead atoms. The van der Waals surface area contributed by atoms with Gasteiger partial charge >= 0.3 is 5.97 Å². The molecule has 2 rings (SSSR count). The molecule has 1 unspecified atom stereocenters. The fourth-order valence-electron chi connectivity index (χ4n) is 2.49. The predicted molar refractivity (Wildman–Crippen MR) is 111 cm³/mol. The zero-order chi connectivity index (χ0) is 21.4. The Morgan fingerprint density at radius 1 is 1.10 bits per heavy atom. The van der Waals surface area contributed by atoms with E-state index in [0.29, 0.717) is 34.7 Å². The van der Waals surface area contributed by atoms with Crippen molar-refractivity contribution in [3.63, 3.8) is 0 Å². The Morgan fingerprint density at radius 3 is 2.34 bits per heavy atom. The molecule has 2 aromatic rings. The van der Waals surface area contributed by atoms with Crippen LogP contribution in [-0.2, 0) is 20.7 Å². The first-order valence-electron chi connectivity index (χ1n) is 9.18. The normalized spacial score (nSPS) is 11.5. The molecule has 0 aliphatic rings. The van der Waals surface area contributed by atoms with Gasteiger partial charge in [0.1, 0.15) is 5.82 Å². The number of ether oxygens (including phenoxy) is 3. The number of amides is 1. The maximum absolute atomic E-state index is 13.6. The summed E-state index contributed by atoms with van der Waals surface area (Å²) in [4.78, 5) is 24.5. The Morgan fingerprint density at radius 2 is 1.72 bits per heavy atom. The van der Waals surface area contributed by atoms with E-state index in [1.807, 2.05) is 13.8 Å². The van der Waals surface area contributed by atoms with Crippen LogP contribution < -0.4 is 14.8 Å². The first kappa shape index (κ1) is 22.7. The zero-order valence-electron chi connectivity index (χ0n) is 16.5. The topological polar surface area (TPSA) is 73.9 Å². The third kappa shape index (κ3) is 6.45. The van der Waals surface area contributed by atoms with Gasteiger partial charge in [0, 0.05) is 4.47 Å². The summed E-state index contributed by atoms with van der Waals surface area (Å²) in [5.74, 6) is -0.708. The average Bonchev–Trinajstić information content (AvgIpc) is 2.67. The van der Waals surface area contributed by atoms with Crippen LogP contribution in [0.1, 0.15) is 26.3 Å². The number of esters is 1. The summed E-state index contributed by atoms with van der Waals surface area (Å²) in [6.45, 7) is 6.05. The number of nitrogens with one attached hydrogen (secondary N) is 1. The average molecular weight is 468 g/mol. The molecule has 0 fully saturated rings. The molecule has 0 radical (unpaired) electrons. The van der Waals surface area contributed by atoms with Gasteiger partial charge in [0.2, 0.25) is 0 Å². The van der Waals surface area contributed by atoms with E-state index in [1.54, 1.807) is 18.2 Å². The quantitative estimate of drug-likeness (QED) is 0.549. The number of hydrogen-bond donors (Lipinski definition) is 1. The summed E-state index contributed by atoms with van der Waals surface area (Å²) < 4.78 is 30.6. The lowest BCUT2D eigenvalue weighted by Crippen LogP contribution is -2.30. The Labute approximate surface area is 177 Å². The van der Waals surface area contributed by atoms with Crippen LogP contribution in [0, 0.1) is 5.82 Å². The van der Waals surface area contributed by atoms with Crippen molar-refractivity contribution in [1.29, 1.82) is 0 Å². The minimum atomic E-state index is -1.09. The second kappa shape index (κ2) is 10.8. The third-order valence-corrected chi connectivity index (χ3v) is 4.59. The number of rotatable bonds is 9. The van der Waals surface area contributed by atoms with Crippen LogP contribution in [0.25, 0.3) is 0 Å². The van der Waals surface area contributed by atoms with Crippen molar-refractivity contribution < 1.29 is 28.2 Å². The van der Waals surface area contributed by atoms with Crippen molar-refractivity contribution in [2.45, 2.75) is 33.3 Å². The summed E-state index contributed by atoms with van der Waals surface area (Å²) >= 11 is 3.41. The Bertz CT molecular complexity index is 874. The van der Waals surface area contributed by atoms with Crippen LogP contribution in [0.2, 0.25) is 0 Å². The molecule has 0 spiro atoms. The molecule has 0 aliphatic carbocycles. The minimum absolute atomic E-state index is 0.0241. The molecule has 1 atom stereocenters. The highest BCUT2D eigenvalue weighted by atomic mass is 79.9. The molecule has 156 valence electrons. The summed E-state index contributed by atoms with van der Waals surface area (Å²) in [5.41, 5.74) is 0.652. The highest BCUT2D eigenvalue weighted by Gasteiger charge is 2.21. The van der Waals surface area contributed by atoms with E-state index in [2.05, 4.69) is 21.2 Å². The van der Waals surface area contributed by atoms with E-state index in [-0.39, 0.29) is 12.1 Å². The van der Waals surface area contributed by atoms with Gasteiger partial charge < -0.3 is 19.5 Å². The first-order chi connectivity index (χ1) is 13.8. The molecule has 0 heterocycles. The molecule has 0 saturated heterocycles. The fraction of sp³-hybridized carbons (Fsp3) is 0.333. The van der Waals surface area contributed by atoms with Crippen LogP contribution in [0.3, 0.4) is 0 Å². The van der Waals surface area contributed by atoms with Gasteiger partial charge in [-0.1, -0.05) is 28.1 Å². The van der Waals surface area contributed by atoms with Gasteiger partial charge in [-0.3, -0.25) is 9.59 Å². The number of benzene rings is 2. The molecule has 1 N–H and O–H groups in total. The molecule has 8 heteroatoms. The Hall–Kier alpha value is -2.61. The Kier molecular flexibility index (Phi) is 8.45. The highest BCUT2D eigenvalue weighted by molar-refractivity contribution is 9.10. The standard InChI is InChI=1S/C21H23BrFNO5/c1-4-27-18-10-14(15(22)12-19(18)28-5-2)11-20(25)29-13(3)21(26)24-17-9-7-6-8-16(17)23/h6-10,12-13H,4-5,11H2,1-3H3,(H,24,26). The van der Waals surface area contributed by atoms with Crippen LogP contribution in [0.4, 0.5) is 10.1 Å². The maximum atomic E-state index is 13.6. The number of carbonyl (C=O) groups is 2. The highest BCUT2D eigenvalue weighted by Crippen LogP contribution is 2.34. The lowest BCUT2D eigenvalue weighted by atomic mass is 10.1. The molecule has 0 aromatic heterocycles. The van der Waals surface area contributed by atoms with Gasteiger partial charge in [-0.2, -0.15) is 0 Å². The smallest absolute Gasteiger partial charge is 0.311 e. The molecule has 29 heavy (non-hydrogen) atoms. The molecule has 2 aromatic carbocycles. The van der Waals surface area contributed by atoms with Crippen LogP contribution in [-0.4, -0.2) is 31.2 Å². The number of carbonyl (C=O) groups excluding carboxylic acids is 2. The van der Waals surface area contributed by atoms with E-state index >= 15 is 0 Å². The van der Waals surface area contributed by atoms with Gasteiger partial charge in [-0.05, 0) is 50.6 Å². The number of hydrogen-bond acceptors (Lipinski definition) is 5. The van der Waals surface area contributed by atoms with E-state index in [4.69, 9.17) is 14.2 Å². The van der Waals surface area contributed by atoms with Gasteiger partial charge in [0.25, 0.3) is 5.91 Å². The van der Waals surface area contributed by atoms with Gasteiger partial charge in [0.05, 0.1) is 25.3 Å². The summed E-state index contributed by atoms with van der Waals surface area (Å²) in [6.07, 6.45) is -1.17. The van der Waals surface area contributed by atoms with Crippen molar-refractivity contribution in [2.24, 2.45) is 0 Å². The SMILES string of the molecule is CCOc1cc(Br)c(CC(=O)OC(C)C(=O)Nc2ccccc2F)cc1OCC. The minimum Gasteiger partial charge on any atom is -0.490 e. The lowest BCUT2D eigenvalue weighted by molar-refractivity contribution is -0.152. The third-order valence-electron chi connectivity index (χ3n) is 3.86. The molecule has 0 saturated carbocycles. The van der Waals surface area contributed by atoms with Crippen LogP contribution >= 0.6 is 15.9 Å². The van der Waals surface area contributed by atoms with Crippen molar-refractivity contribution in [3.05, 3.63) is 52.3 Å². The second-order valence-corrected chi connectivity index (χ2v) is 6.89. The summed E-state index contributed by atoms with van der Waals surface area (Å²) in [6, 6.07) is 9.18. The van der Waals surface area contributed by atoms with E-state index in [1.165, 1.54) is 25.1 Å².